The Morgan fingerprint density at radius 3 is 2.65 bits per heavy atom. The first-order chi connectivity index (χ1) is 11.1. The third kappa shape index (κ3) is 3.60. The van der Waals surface area contributed by atoms with Crippen LogP contribution >= 0.6 is 15.9 Å². The molecule has 1 amide bonds. The minimum atomic E-state index is -0.530. The van der Waals surface area contributed by atoms with Crippen molar-refractivity contribution in [3.05, 3.63) is 65.3 Å². The van der Waals surface area contributed by atoms with E-state index in [1.165, 1.54) is 0 Å². The first-order valence-corrected chi connectivity index (χ1v) is 7.74. The van der Waals surface area contributed by atoms with Crippen LogP contribution in [0.2, 0.25) is 0 Å². The molecule has 0 fully saturated rings. The molecule has 6 heteroatoms. The van der Waals surface area contributed by atoms with Crippen LogP contribution in [0.25, 0.3) is 11.3 Å². The fourth-order valence-electron chi connectivity index (χ4n) is 2.22. The summed E-state index contributed by atoms with van der Waals surface area (Å²) in [6, 6.07) is 16.4. The van der Waals surface area contributed by atoms with Crippen LogP contribution in [0.1, 0.15) is 0 Å². The molecule has 0 atom stereocenters. The summed E-state index contributed by atoms with van der Waals surface area (Å²) in [6.45, 7) is 0. The van der Waals surface area contributed by atoms with Crippen molar-refractivity contribution in [1.82, 2.24) is 9.78 Å². The summed E-state index contributed by atoms with van der Waals surface area (Å²) in [7, 11) is 1.86. The van der Waals surface area contributed by atoms with Crippen molar-refractivity contribution < 1.29 is 9.53 Å². The fourth-order valence-corrected chi connectivity index (χ4v) is 2.80. The van der Waals surface area contributed by atoms with Gasteiger partial charge >= 0.3 is 6.09 Å². The number of benzene rings is 2. The molecule has 0 aliphatic carbocycles. The predicted octanol–water partition coefficient (Wildman–Crippen LogP) is 4.46. The van der Waals surface area contributed by atoms with Crippen molar-refractivity contribution in [2.45, 2.75) is 0 Å². The number of nitrogens with one attached hydrogen (secondary N) is 1. The van der Waals surface area contributed by atoms with E-state index < -0.39 is 6.09 Å². The number of nitrogens with zero attached hydrogens (tertiary/aromatic N) is 2. The SMILES string of the molecule is Cn1ncc(Br)c1-c1cccc(NC(=O)Oc2ccccc2)c1. The lowest BCUT2D eigenvalue weighted by molar-refractivity contribution is 0.215. The number of para-hydroxylation sites is 1. The molecule has 116 valence electrons. The fraction of sp³-hybridized carbons (Fsp3) is 0.0588. The van der Waals surface area contributed by atoms with Gasteiger partial charge in [0.15, 0.2) is 0 Å². The Bertz CT molecular complexity index is 811. The number of rotatable bonds is 3. The molecule has 0 aliphatic rings. The zero-order chi connectivity index (χ0) is 16.2. The van der Waals surface area contributed by atoms with Crippen LogP contribution in [0.5, 0.6) is 5.75 Å². The quantitative estimate of drug-likeness (QED) is 0.739. The Hall–Kier alpha value is -2.60. The Balaban J connectivity index is 1.77. The highest BCUT2D eigenvalue weighted by Gasteiger charge is 2.10. The van der Waals surface area contributed by atoms with Crippen LogP contribution in [0.3, 0.4) is 0 Å². The van der Waals surface area contributed by atoms with Gasteiger partial charge in [-0.05, 0) is 40.2 Å². The minimum absolute atomic E-state index is 0.496. The molecular formula is C17H14BrN3O2. The highest BCUT2D eigenvalue weighted by molar-refractivity contribution is 9.10. The van der Waals surface area contributed by atoms with Crippen LogP contribution in [0.4, 0.5) is 10.5 Å². The summed E-state index contributed by atoms with van der Waals surface area (Å²) in [5, 5.41) is 6.92. The van der Waals surface area contributed by atoms with Crippen LogP contribution in [0, 0.1) is 0 Å². The van der Waals surface area contributed by atoms with Gasteiger partial charge in [-0.25, -0.2) is 4.79 Å². The second-order valence-electron chi connectivity index (χ2n) is 4.87. The summed E-state index contributed by atoms with van der Waals surface area (Å²) >= 11 is 3.48. The first-order valence-electron chi connectivity index (χ1n) is 6.95. The largest absolute Gasteiger partial charge is 0.417 e. The predicted molar refractivity (Wildman–Crippen MR) is 92.4 cm³/mol. The third-order valence-corrected chi connectivity index (χ3v) is 3.81. The van der Waals surface area contributed by atoms with Gasteiger partial charge in [0.2, 0.25) is 0 Å². The maximum atomic E-state index is 12.0. The molecule has 0 saturated heterocycles. The van der Waals surface area contributed by atoms with Crippen molar-refractivity contribution in [2.75, 3.05) is 5.32 Å². The summed E-state index contributed by atoms with van der Waals surface area (Å²) in [4.78, 5) is 12.0. The van der Waals surface area contributed by atoms with E-state index in [2.05, 4.69) is 26.3 Å². The molecule has 0 unspecified atom stereocenters. The summed E-state index contributed by atoms with van der Waals surface area (Å²) in [5.41, 5.74) is 2.52. The van der Waals surface area contributed by atoms with E-state index in [1.54, 1.807) is 29.1 Å². The number of ether oxygens (including phenoxy) is 1. The number of carbonyl (C=O) groups is 1. The van der Waals surface area contributed by atoms with Gasteiger partial charge in [0.1, 0.15) is 5.75 Å². The van der Waals surface area contributed by atoms with E-state index in [0.29, 0.717) is 11.4 Å². The normalized spacial score (nSPS) is 10.3. The van der Waals surface area contributed by atoms with Crippen molar-refractivity contribution in [3.8, 4) is 17.0 Å². The van der Waals surface area contributed by atoms with E-state index in [9.17, 15) is 4.79 Å². The van der Waals surface area contributed by atoms with Crippen LogP contribution in [-0.4, -0.2) is 15.9 Å². The van der Waals surface area contributed by atoms with Crippen LogP contribution in [0.15, 0.2) is 65.3 Å². The number of hydrogen-bond acceptors (Lipinski definition) is 3. The van der Waals surface area contributed by atoms with E-state index in [1.807, 2.05) is 43.4 Å². The number of halogens is 1. The van der Waals surface area contributed by atoms with Gasteiger partial charge < -0.3 is 4.74 Å². The molecule has 23 heavy (non-hydrogen) atoms. The summed E-state index contributed by atoms with van der Waals surface area (Å²) in [5.74, 6) is 0.496. The molecule has 3 rings (SSSR count). The highest BCUT2D eigenvalue weighted by Crippen LogP contribution is 2.29. The maximum Gasteiger partial charge on any atom is 0.417 e. The highest BCUT2D eigenvalue weighted by atomic mass is 79.9. The Morgan fingerprint density at radius 2 is 1.96 bits per heavy atom. The Morgan fingerprint density at radius 1 is 1.17 bits per heavy atom. The molecular weight excluding hydrogens is 358 g/mol. The number of aryl methyl sites for hydroxylation is 1. The Labute approximate surface area is 142 Å². The van der Waals surface area contributed by atoms with Crippen molar-refractivity contribution in [1.29, 1.82) is 0 Å². The van der Waals surface area contributed by atoms with Crippen molar-refractivity contribution >= 4 is 27.7 Å². The minimum Gasteiger partial charge on any atom is -0.410 e. The lowest BCUT2D eigenvalue weighted by Gasteiger charge is -2.09. The smallest absolute Gasteiger partial charge is 0.410 e. The molecule has 5 nitrogen and oxygen atoms in total. The number of aromatic nitrogens is 2. The standard InChI is InChI=1S/C17H14BrN3O2/c1-21-16(15(18)11-19-21)12-6-5-7-13(10-12)20-17(22)23-14-8-3-2-4-9-14/h2-11H,1H3,(H,20,22). The molecule has 1 heterocycles. The van der Waals surface area contributed by atoms with E-state index in [0.717, 1.165) is 15.7 Å². The van der Waals surface area contributed by atoms with Gasteiger partial charge in [-0.15, -0.1) is 0 Å². The molecule has 2 aromatic carbocycles. The summed E-state index contributed by atoms with van der Waals surface area (Å²) < 4.78 is 7.88. The van der Waals surface area contributed by atoms with Crippen LogP contribution < -0.4 is 10.1 Å². The van der Waals surface area contributed by atoms with E-state index in [-0.39, 0.29) is 0 Å². The maximum absolute atomic E-state index is 12.0. The van der Waals surface area contributed by atoms with Gasteiger partial charge in [-0.2, -0.15) is 5.10 Å². The average Bonchev–Trinajstić information content (AvgIpc) is 2.87. The van der Waals surface area contributed by atoms with Crippen LogP contribution in [-0.2, 0) is 7.05 Å². The first kappa shape index (κ1) is 15.3. The molecule has 0 bridgehead atoms. The number of carbonyl (C=O) groups excluding carboxylic acids is 1. The van der Waals surface area contributed by atoms with Gasteiger partial charge in [0.25, 0.3) is 0 Å². The van der Waals surface area contributed by atoms with Crippen molar-refractivity contribution in [2.24, 2.45) is 7.05 Å². The molecule has 0 spiro atoms. The monoisotopic (exact) mass is 371 g/mol. The van der Waals surface area contributed by atoms with Gasteiger partial charge in [0.05, 0.1) is 16.4 Å². The van der Waals surface area contributed by atoms with E-state index in [4.69, 9.17) is 4.74 Å². The zero-order valence-corrected chi connectivity index (χ0v) is 13.9. The van der Waals surface area contributed by atoms with Gasteiger partial charge in [-0.1, -0.05) is 30.3 Å². The van der Waals surface area contributed by atoms with Gasteiger partial charge in [-0.3, -0.25) is 10.00 Å². The molecule has 0 saturated carbocycles. The molecule has 3 aromatic rings. The molecule has 0 radical (unpaired) electrons. The zero-order valence-electron chi connectivity index (χ0n) is 12.4. The van der Waals surface area contributed by atoms with E-state index >= 15 is 0 Å². The average molecular weight is 372 g/mol. The lowest BCUT2D eigenvalue weighted by Crippen LogP contribution is -2.16. The topological polar surface area (TPSA) is 56.2 Å². The number of hydrogen-bond donors (Lipinski definition) is 1. The third-order valence-electron chi connectivity index (χ3n) is 3.23. The lowest BCUT2D eigenvalue weighted by atomic mass is 10.1. The number of anilines is 1. The molecule has 1 aromatic heterocycles. The van der Waals surface area contributed by atoms with Crippen molar-refractivity contribution in [3.63, 3.8) is 0 Å². The summed E-state index contributed by atoms with van der Waals surface area (Å²) in [6.07, 6.45) is 1.21. The second kappa shape index (κ2) is 6.66. The molecule has 1 N–H and O–H groups in total. The molecule has 0 aliphatic heterocycles. The Kier molecular flexibility index (Phi) is 4.43. The van der Waals surface area contributed by atoms with Gasteiger partial charge in [0, 0.05) is 18.3 Å². The number of amides is 1. The second-order valence-corrected chi connectivity index (χ2v) is 5.73.